The molecule has 2 bridgehead atoms. The van der Waals surface area contributed by atoms with Gasteiger partial charge in [0.15, 0.2) is 5.69 Å². The van der Waals surface area contributed by atoms with E-state index in [0.717, 1.165) is 30.4 Å². The monoisotopic (exact) mass is 648 g/mol. The zero-order chi connectivity index (χ0) is 33.5. The van der Waals surface area contributed by atoms with E-state index in [0.29, 0.717) is 30.8 Å². The topological polar surface area (TPSA) is 145 Å². The number of hydrogen-bond acceptors (Lipinski definition) is 7. The molecule has 10 nitrogen and oxygen atoms in total. The molecule has 11 heteroatoms. The third-order valence-electron chi connectivity index (χ3n) is 8.94. The van der Waals surface area contributed by atoms with E-state index in [1.54, 1.807) is 16.7 Å². The number of amides is 1. The van der Waals surface area contributed by atoms with Gasteiger partial charge in [0.1, 0.15) is 36.4 Å². The van der Waals surface area contributed by atoms with Gasteiger partial charge in [-0.05, 0) is 54.0 Å². The molecule has 2 heterocycles. The molecule has 1 aliphatic carbocycles. The summed E-state index contributed by atoms with van der Waals surface area (Å²) in [5.41, 5.74) is 7.03. The Morgan fingerprint density at radius 1 is 1.04 bits per heavy atom. The first-order chi connectivity index (χ1) is 23.3. The van der Waals surface area contributed by atoms with E-state index < -0.39 is 28.9 Å². The molecule has 3 atom stereocenters. The predicted molar refractivity (Wildman–Crippen MR) is 177 cm³/mol. The highest BCUT2D eigenvalue weighted by Crippen LogP contribution is 2.46. The van der Waals surface area contributed by atoms with Crippen molar-refractivity contribution in [1.82, 2.24) is 14.9 Å². The lowest BCUT2D eigenvalue weighted by molar-refractivity contribution is 0.0932. The summed E-state index contributed by atoms with van der Waals surface area (Å²) in [6.07, 6.45) is 3.81. The van der Waals surface area contributed by atoms with Crippen LogP contribution in [0, 0.1) is 23.1 Å². The number of ether oxygens (including phenoxy) is 2. The summed E-state index contributed by atoms with van der Waals surface area (Å²) in [4.78, 5) is 38.1. The maximum Gasteiger partial charge on any atom is 0.296 e. The van der Waals surface area contributed by atoms with E-state index >= 15 is 0 Å². The van der Waals surface area contributed by atoms with Crippen molar-refractivity contribution in [3.8, 4) is 11.8 Å². The summed E-state index contributed by atoms with van der Waals surface area (Å²) in [6.45, 7) is 0.628. The van der Waals surface area contributed by atoms with Crippen molar-refractivity contribution in [2.45, 2.75) is 69.9 Å². The van der Waals surface area contributed by atoms with Gasteiger partial charge in [0.25, 0.3) is 17.5 Å². The van der Waals surface area contributed by atoms with Crippen LogP contribution in [-0.4, -0.2) is 27.5 Å². The fourth-order valence-electron chi connectivity index (χ4n) is 6.58. The second-order valence-electron chi connectivity index (χ2n) is 12.3. The number of rotatable bonds is 10. The molecule has 1 amide bonds. The summed E-state index contributed by atoms with van der Waals surface area (Å²) in [5.74, 6) is -0.766. The molecular weight excluding hydrogens is 611 g/mol. The predicted octanol–water partition coefficient (Wildman–Crippen LogP) is 5.15. The highest BCUT2D eigenvalue weighted by atomic mass is 19.1. The number of carbonyl (C=O) groups is 1. The molecule has 1 saturated carbocycles. The third-order valence-corrected chi connectivity index (χ3v) is 8.94. The van der Waals surface area contributed by atoms with Crippen molar-refractivity contribution in [3.63, 3.8) is 0 Å². The van der Waals surface area contributed by atoms with Crippen LogP contribution in [0.3, 0.4) is 0 Å². The SMILES string of the molecule is N#CC(Cc1ccc(F)cc1)NC(=O)c1nc2n(c(=O)c1OCc1ccccc1)CCC1CCCC2(N=C(N)OCc2ccccc2)C1. The Kier molecular flexibility index (Phi) is 9.80. The van der Waals surface area contributed by atoms with Crippen LogP contribution in [0.25, 0.3) is 0 Å². The molecule has 0 spiro atoms. The van der Waals surface area contributed by atoms with Gasteiger partial charge in [-0.25, -0.2) is 14.4 Å². The van der Waals surface area contributed by atoms with Gasteiger partial charge in [-0.2, -0.15) is 5.26 Å². The fraction of sp³-hybridized carbons (Fsp3) is 0.324. The van der Waals surface area contributed by atoms with Gasteiger partial charge in [0.2, 0.25) is 5.75 Å². The van der Waals surface area contributed by atoms with Crippen molar-refractivity contribution in [2.24, 2.45) is 16.6 Å². The van der Waals surface area contributed by atoms with Gasteiger partial charge in [0.05, 0.1) is 6.07 Å². The Labute approximate surface area is 278 Å². The van der Waals surface area contributed by atoms with Crippen molar-refractivity contribution < 1.29 is 18.7 Å². The average Bonchev–Trinajstić information content (AvgIpc) is 3.21. The van der Waals surface area contributed by atoms with Gasteiger partial charge in [-0.1, -0.05) is 85.6 Å². The Bertz CT molecular complexity index is 1870. The minimum absolute atomic E-state index is 0.0264. The highest BCUT2D eigenvalue weighted by molar-refractivity contribution is 5.95. The molecule has 1 aliphatic heterocycles. The van der Waals surface area contributed by atoms with E-state index in [-0.39, 0.29) is 43.0 Å². The second-order valence-corrected chi connectivity index (χ2v) is 12.3. The van der Waals surface area contributed by atoms with Crippen LogP contribution in [0.5, 0.6) is 5.75 Å². The molecule has 0 radical (unpaired) electrons. The third kappa shape index (κ3) is 7.39. The summed E-state index contributed by atoms with van der Waals surface area (Å²) >= 11 is 0. The van der Waals surface area contributed by atoms with Crippen LogP contribution < -0.4 is 21.3 Å². The first kappa shape index (κ1) is 32.4. The Morgan fingerprint density at radius 2 is 1.73 bits per heavy atom. The standard InChI is InChI=1S/C37H37FN6O4/c38-29-15-13-25(14-16-29)20-30(22-39)41-33(45)31-32(47-23-27-8-3-1-4-9-27)34(46)44-19-17-26-12-7-18-37(21-26,35(44)42-31)43-36(40)48-24-28-10-5-2-6-11-28/h1-6,8-11,13-16,26,30H,7,12,17-21,23-24H2,(H2,40,43)(H,41,45). The minimum atomic E-state index is -1.00. The maximum absolute atomic E-state index is 14.3. The van der Waals surface area contributed by atoms with Crippen LogP contribution in [0.15, 0.2) is 94.7 Å². The molecule has 3 unspecified atom stereocenters. The molecule has 48 heavy (non-hydrogen) atoms. The minimum Gasteiger partial charge on any atom is -0.481 e. The quantitative estimate of drug-likeness (QED) is 0.179. The molecule has 3 aromatic carbocycles. The number of nitrogens with zero attached hydrogens (tertiary/aromatic N) is 4. The largest absolute Gasteiger partial charge is 0.481 e. The molecular formula is C37H37FN6O4. The Morgan fingerprint density at radius 3 is 2.42 bits per heavy atom. The summed E-state index contributed by atoms with van der Waals surface area (Å²) in [5, 5.41) is 12.6. The van der Waals surface area contributed by atoms with Crippen LogP contribution in [0.2, 0.25) is 0 Å². The number of aliphatic imine (C=N–C) groups is 1. The lowest BCUT2D eigenvalue weighted by atomic mass is 9.75. The summed E-state index contributed by atoms with van der Waals surface area (Å²) in [7, 11) is 0. The summed E-state index contributed by atoms with van der Waals surface area (Å²) in [6, 6.07) is 25.7. The number of fused-ring (bicyclic) bond motifs is 4. The van der Waals surface area contributed by atoms with Crippen molar-refractivity contribution in [2.75, 3.05) is 0 Å². The Hall–Kier alpha value is -5.50. The lowest BCUT2D eigenvalue weighted by Gasteiger charge is -2.36. The van der Waals surface area contributed by atoms with Gasteiger partial charge in [-0.3, -0.25) is 14.2 Å². The van der Waals surface area contributed by atoms with Crippen LogP contribution in [0.1, 0.15) is 65.1 Å². The molecule has 246 valence electrons. The molecule has 2 aliphatic rings. The zero-order valence-corrected chi connectivity index (χ0v) is 26.5. The zero-order valence-electron chi connectivity index (χ0n) is 26.5. The first-order valence-electron chi connectivity index (χ1n) is 16.1. The lowest BCUT2D eigenvalue weighted by Crippen LogP contribution is -2.42. The fourth-order valence-corrected chi connectivity index (χ4v) is 6.58. The highest BCUT2D eigenvalue weighted by Gasteiger charge is 2.45. The van der Waals surface area contributed by atoms with E-state index in [1.807, 2.05) is 60.7 Å². The first-order valence-corrected chi connectivity index (χ1v) is 16.1. The average molecular weight is 649 g/mol. The van der Waals surface area contributed by atoms with Gasteiger partial charge in [0, 0.05) is 13.0 Å². The number of amidine groups is 1. The van der Waals surface area contributed by atoms with Crippen molar-refractivity contribution in [3.05, 3.63) is 129 Å². The molecule has 3 N–H and O–H groups in total. The maximum atomic E-state index is 14.3. The van der Waals surface area contributed by atoms with Crippen molar-refractivity contribution >= 4 is 11.9 Å². The number of nitrogens with one attached hydrogen (secondary N) is 1. The number of nitriles is 1. The summed E-state index contributed by atoms with van der Waals surface area (Å²) < 4.78 is 27.0. The van der Waals surface area contributed by atoms with Crippen LogP contribution >= 0.6 is 0 Å². The molecule has 1 aromatic heterocycles. The number of halogens is 1. The Balaban J connectivity index is 1.39. The number of aromatic nitrogens is 2. The number of benzene rings is 3. The molecule has 0 saturated heterocycles. The molecule has 1 fully saturated rings. The van der Waals surface area contributed by atoms with E-state index in [1.165, 1.54) is 12.1 Å². The number of hydrogen-bond donors (Lipinski definition) is 2. The smallest absolute Gasteiger partial charge is 0.296 e. The van der Waals surface area contributed by atoms with Gasteiger partial charge in [-0.15, -0.1) is 0 Å². The van der Waals surface area contributed by atoms with E-state index in [9.17, 15) is 19.2 Å². The number of nitrogens with two attached hydrogens (primary N) is 1. The molecule has 6 rings (SSSR count). The molecule has 4 aromatic rings. The van der Waals surface area contributed by atoms with Gasteiger partial charge >= 0.3 is 0 Å². The van der Waals surface area contributed by atoms with Gasteiger partial charge < -0.3 is 20.5 Å². The normalized spacial score (nSPS) is 19.2. The van der Waals surface area contributed by atoms with Crippen LogP contribution in [0.4, 0.5) is 4.39 Å². The van der Waals surface area contributed by atoms with Crippen LogP contribution in [-0.2, 0) is 36.5 Å². The second kappa shape index (κ2) is 14.5. The number of carbonyl (C=O) groups excluding carboxylic acids is 1. The van der Waals surface area contributed by atoms with Crippen molar-refractivity contribution in [1.29, 1.82) is 5.26 Å². The van der Waals surface area contributed by atoms with E-state index in [2.05, 4.69) is 11.4 Å². The van der Waals surface area contributed by atoms with E-state index in [4.69, 9.17) is 25.2 Å².